The van der Waals surface area contributed by atoms with Crippen molar-refractivity contribution < 1.29 is 22.8 Å². The van der Waals surface area contributed by atoms with Gasteiger partial charge in [0.05, 0.1) is 5.56 Å². The van der Waals surface area contributed by atoms with Gasteiger partial charge < -0.3 is 9.88 Å². The monoisotopic (exact) mass is 468 g/mol. The van der Waals surface area contributed by atoms with E-state index < -0.39 is 29.1 Å². The zero-order chi connectivity index (χ0) is 22.3. The summed E-state index contributed by atoms with van der Waals surface area (Å²) >= 11 is 12.1. The molecule has 9 heteroatoms. The van der Waals surface area contributed by atoms with Gasteiger partial charge in [0.1, 0.15) is 5.69 Å². The number of hydrogen-bond acceptors (Lipinski definition) is 2. The summed E-state index contributed by atoms with van der Waals surface area (Å²) in [6, 6.07) is 10.3. The van der Waals surface area contributed by atoms with Crippen molar-refractivity contribution in [1.82, 2.24) is 9.88 Å². The quantitative estimate of drug-likeness (QED) is 0.376. The van der Waals surface area contributed by atoms with Gasteiger partial charge in [-0.05, 0) is 43.0 Å². The van der Waals surface area contributed by atoms with Gasteiger partial charge in [0.25, 0.3) is 11.7 Å². The third-order valence-corrected chi connectivity index (χ3v) is 6.04. The lowest BCUT2D eigenvalue weighted by atomic mass is 9.93. The van der Waals surface area contributed by atoms with E-state index in [2.05, 4.69) is 5.32 Å². The third-order valence-electron chi connectivity index (χ3n) is 5.46. The normalized spacial score (nSPS) is 14.5. The summed E-state index contributed by atoms with van der Waals surface area (Å²) in [6.07, 6.45) is -2.54. The van der Waals surface area contributed by atoms with Crippen molar-refractivity contribution in [2.45, 2.75) is 38.0 Å². The van der Waals surface area contributed by atoms with Gasteiger partial charge in [0.2, 0.25) is 0 Å². The van der Waals surface area contributed by atoms with Gasteiger partial charge in [-0.1, -0.05) is 47.5 Å². The predicted octanol–water partition coefficient (Wildman–Crippen LogP) is 5.87. The summed E-state index contributed by atoms with van der Waals surface area (Å²) in [4.78, 5) is 25.4. The first-order valence-corrected chi connectivity index (χ1v) is 10.4. The molecule has 0 bridgehead atoms. The SMILES string of the molecule is O=C(NC1CCC1)C(=O)c1c(C(F)(F)F)n(Cc2ccc(Cl)cc2Cl)c2ccccc12. The van der Waals surface area contributed by atoms with Gasteiger partial charge in [0.15, 0.2) is 0 Å². The van der Waals surface area contributed by atoms with Crippen molar-refractivity contribution >= 4 is 45.8 Å². The summed E-state index contributed by atoms with van der Waals surface area (Å²) in [6.45, 7) is -0.247. The van der Waals surface area contributed by atoms with Crippen LogP contribution in [0, 0.1) is 0 Å². The number of carbonyl (C=O) groups is 2. The molecule has 1 aromatic heterocycles. The first-order valence-electron chi connectivity index (χ1n) is 9.64. The molecular formula is C22H17Cl2F3N2O2. The molecule has 0 atom stereocenters. The van der Waals surface area contributed by atoms with Crippen molar-refractivity contribution in [1.29, 1.82) is 0 Å². The fraction of sp³-hybridized carbons (Fsp3) is 0.273. The van der Waals surface area contributed by atoms with Crippen molar-refractivity contribution in [2.24, 2.45) is 0 Å². The Bertz CT molecular complexity index is 1180. The van der Waals surface area contributed by atoms with Crippen LogP contribution in [0.25, 0.3) is 10.9 Å². The van der Waals surface area contributed by atoms with Crippen LogP contribution in [0.1, 0.15) is 40.9 Å². The maximum absolute atomic E-state index is 14.2. The smallest absolute Gasteiger partial charge is 0.346 e. The minimum absolute atomic E-state index is 0.0636. The Kier molecular flexibility index (Phi) is 5.75. The number of alkyl halides is 3. The number of para-hydroxylation sites is 1. The Balaban J connectivity index is 1.87. The fourth-order valence-electron chi connectivity index (χ4n) is 3.73. The lowest BCUT2D eigenvalue weighted by Crippen LogP contribution is -2.43. The Labute approximate surface area is 185 Å². The van der Waals surface area contributed by atoms with E-state index in [4.69, 9.17) is 23.2 Å². The second-order valence-electron chi connectivity index (χ2n) is 7.49. The fourth-order valence-corrected chi connectivity index (χ4v) is 4.20. The highest BCUT2D eigenvalue weighted by Gasteiger charge is 2.42. The van der Waals surface area contributed by atoms with E-state index in [-0.39, 0.29) is 28.5 Å². The summed E-state index contributed by atoms with van der Waals surface area (Å²) in [5, 5.41) is 3.15. The zero-order valence-corrected chi connectivity index (χ0v) is 17.6. The van der Waals surface area contributed by atoms with Gasteiger partial charge in [-0.3, -0.25) is 9.59 Å². The molecule has 1 aliphatic carbocycles. The van der Waals surface area contributed by atoms with E-state index >= 15 is 0 Å². The van der Waals surface area contributed by atoms with Gasteiger partial charge in [-0.2, -0.15) is 13.2 Å². The van der Waals surface area contributed by atoms with Crippen LogP contribution in [0.5, 0.6) is 0 Å². The first-order chi connectivity index (χ1) is 14.7. The maximum atomic E-state index is 14.2. The molecule has 1 N–H and O–H groups in total. The van der Waals surface area contributed by atoms with Gasteiger partial charge >= 0.3 is 6.18 Å². The molecule has 1 heterocycles. The molecule has 0 radical (unpaired) electrons. The molecule has 2 aromatic carbocycles. The standard InChI is InChI=1S/C22H17Cl2F3N2O2/c23-13-9-8-12(16(24)10-13)11-29-17-7-2-1-6-15(17)18(20(29)22(25,26)27)19(30)21(31)28-14-4-3-5-14/h1-2,6-10,14H,3-5,11H2,(H,28,31). The van der Waals surface area contributed by atoms with Crippen LogP contribution in [0.2, 0.25) is 10.0 Å². The van der Waals surface area contributed by atoms with E-state index in [9.17, 15) is 22.8 Å². The number of halogens is 5. The zero-order valence-electron chi connectivity index (χ0n) is 16.1. The summed E-state index contributed by atoms with van der Waals surface area (Å²) in [5.74, 6) is -2.22. The molecule has 0 aliphatic heterocycles. The van der Waals surface area contributed by atoms with Crippen molar-refractivity contribution in [3.8, 4) is 0 Å². The van der Waals surface area contributed by atoms with Crippen LogP contribution < -0.4 is 5.32 Å². The second kappa shape index (κ2) is 8.20. The number of aromatic nitrogens is 1. The maximum Gasteiger partial charge on any atom is 0.432 e. The van der Waals surface area contributed by atoms with Crippen molar-refractivity contribution in [3.05, 3.63) is 69.3 Å². The molecule has 1 amide bonds. The van der Waals surface area contributed by atoms with Crippen LogP contribution in [0.4, 0.5) is 13.2 Å². The number of Topliss-reactive ketones (excluding diaryl/α,β-unsaturated/α-hetero) is 1. The Morgan fingerprint density at radius 2 is 1.81 bits per heavy atom. The molecule has 1 aliphatic rings. The summed E-state index contributed by atoms with van der Waals surface area (Å²) < 4.78 is 43.6. The van der Waals surface area contributed by atoms with Crippen LogP contribution >= 0.6 is 23.2 Å². The largest absolute Gasteiger partial charge is 0.432 e. The average molecular weight is 469 g/mol. The molecule has 1 fully saturated rings. The van der Waals surface area contributed by atoms with Gasteiger partial charge in [-0.25, -0.2) is 0 Å². The van der Waals surface area contributed by atoms with Crippen LogP contribution in [0.3, 0.4) is 0 Å². The van der Waals surface area contributed by atoms with Crippen LogP contribution in [-0.2, 0) is 17.5 Å². The molecule has 0 saturated heterocycles. The second-order valence-corrected chi connectivity index (χ2v) is 8.33. The number of amides is 1. The molecule has 162 valence electrons. The van der Waals surface area contributed by atoms with Crippen molar-refractivity contribution in [3.63, 3.8) is 0 Å². The molecular weight excluding hydrogens is 452 g/mol. The minimum atomic E-state index is -4.88. The molecule has 3 aromatic rings. The molecule has 0 unspecified atom stereocenters. The highest BCUT2D eigenvalue weighted by molar-refractivity contribution is 6.45. The topological polar surface area (TPSA) is 51.1 Å². The van der Waals surface area contributed by atoms with E-state index in [1.54, 1.807) is 6.07 Å². The Morgan fingerprint density at radius 3 is 2.42 bits per heavy atom. The Morgan fingerprint density at radius 1 is 1.10 bits per heavy atom. The number of benzene rings is 2. The molecule has 0 spiro atoms. The summed E-state index contributed by atoms with van der Waals surface area (Å²) in [5.41, 5.74) is -1.24. The number of nitrogens with zero attached hydrogens (tertiary/aromatic N) is 1. The molecule has 1 saturated carbocycles. The first kappa shape index (κ1) is 21.7. The van der Waals surface area contributed by atoms with E-state index in [0.29, 0.717) is 23.4 Å². The van der Waals surface area contributed by atoms with Crippen LogP contribution in [-0.4, -0.2) is 22.3 Å². The third kappa shape index (κ3) is 4.16. The summed E-state index contributed by atoms with van der Waals surface area (Å²) in [7, 11) is 0. The molecule has 4 nitrogen and oxygen atoms in total. The van der Waals surface area contributed by atoms with Crippen LogP contribution in [0.15, 0.2) is 42.5 Å². The van der Waals surface area contributed by atoms with E-state index in [1.807, 2.05) is 0 Å². The minimum Gasteiger partial charge on any atom is -0.346 e. The van der Waals surface area contributed by atoms with Gasteiger partial charge in [0, 0.05) is 33.5 Å². The number of carbonyl (C=O) groups excluding carboxylic acids is 2. The van der Waals surface area contributed by atoms with E-state index in [0.717, 1.165) is 11.0 Å². The highest BCUT2D eigenvalue weighted by atomic mass is 35.5. The Hall–Kier alpha value is -2.51. The number of fused-ring (bicyclic) bond motifs is 1. The predicted molar refractivity (Wildman–Crippen MR) is 113 cm³/mol. The van der Waals surface area contributed by atoms with Crippen molar-refractivity contribution in [2.75, 3.05) is 0 Å². The highest BCUT2D eigenvalue weighted by Crippen LogP contribution is 2.39. The molecule has 4 rings (SSSR count). The lowest BCUT2D eigenvalue weighted by molar-refractivity contribution is -0.143. The number of rotatable bonds is 5. The van der Waals surface area contributed by atoms with Gasteiger partial charge in [-0.15, -0.1) is 0 Å². The number of ketones is 1. The average Bonchev–Trinajstić information content (AvgIpc) is 3.01. The number of hydrogen-bond donors (Lipinski definition) is 1. The number of nitrogens with one attached hydrogen (secondary N) is 1. The molecule has 31 heavy (non-hydrogen) atoms. The van der Waals surface area contributed by atoms with E-state index in [1.165, 1.54) is 36.4 Å². The lowest BCUT2D eigenvalue weighted by Gasteiger charge is -2.26.